The van der Waals surface area contributed by atoms with E-state index in [0.29, 0.717) is 6.04 Å². The Morgan fingerprint density at radius 1 is 1.43 bits per heavy atom. The predicted octanol–water partition coefficient (Wildman–Crippen LogP) is 1.58. The fourth-order valence-corrected chi connectivity index (χ4v) is 2.64. The van der Waals surface area contributed by atoms with E-state index in [0.717, 1.165) is 18.8 Å². The minimum absolute atomic E-state index is 0.0581. The molecular formula is C11H19NO2. The van der Waals surface area contributed by atoms with Gasteiger partial charge in [-0.05, 0) is 38.1 Å². The molecule has 2 fully saturated rings. The van der Waals surface area contributed by atoms with E-state index in [1.54, 1.807) is 0 Å². The lowest BCUT2D eigenvalue weighted by Crippen LogP contribution is -2.50. The average molecular weight is 197 g/mol. The molecule has 1 N–H and O–H groups in total. The van der Waals surface area contributed by atoms with E-state index in [9.17, 15) is 4.79 Å². The van der Waals surface area contributed by atoms with Crippen LogP contribution in [-0.2, 0) is 4.79 Å². The minimum Gasteiger partial charge on any atom is -0.481 e. The number of carboxylic acids is 1. The molecule has 1 aliphatic carbocycles. The molecule has 2 rings (SSSR count). The number of rotatable bonds is 2. The molecular weight excluding hydrogens is 178 g/mol. The summed E-state index contributed by atoms with van der Waals surface area (Å²) < 4.78 is 0. The lowest BCUT2D eigenvalue weighted by Gasteiger charge is -2.44. The number of aliphatic carboxylic acids is 1. The zero-order chi connectivity index (χ0) is 10.1. The van der Waals surface area contributed by atoms with Crippen molar-refractivity contribution in [3.05, 3.63) is 0 Å². The van der Waals surface area contributed by atoms with Gasteiger partial charge in [0, 0.05) is 12.6 Å². The van der Waals surface area contributed by atoms with Gasteiger partial charge in [-0.1, -0.05) is 6.92 Å². The molecule has 14 heavy (non-hydrogen) atoms. The van der Waals surface area contributed by atoms with E-state index >= 15 is 0 Å². The van der Waals surface area contributed by atoms with Gasteiger partial charge in [-0.15, -0.1) is 0 Å². The molecule has 80 valence electrons. The minimum atomic E-state index is -0.605. The van der Waals surface area contributed by atoms with Gasteiger partial charge in [-0.25, -0.2) is 0 Å². The number of piperidine rings is 1. The van der Waals surface area contributed by atoms with Crippen molar-refractivity contribution >= 4 is 5.97 Å². The first kappa shape index (κ1) is 9.97. The summed E-state index contributed by atoms with van der Waals surface area (Å²) in [5.74, 6) is 0.135. The second-order valence-electron chi connectivity index (χ2n) is 4.90. The van der Waals surface area contributed by atoms with Gasteiger partial charge < -0.3 is 10.0 Å². The number of likely N-dealkylation sites (tertiary alicyclic amines) is 1. The van der Waals surface area contributed by atoms with Gasteiger partial charge in [0.15, 0.2) is 0 Å². The number of carboxylic acid groups (broad SMARTS) is 1. The highest BCUT2D eigenvalue weighted by Gasteiger charge is 2.38. The largest absolute Gasteiger partial charge is 0.481 e. The Kier molecular flexibility index (Phi) is 2.77. The molecule has 3 nitrogen and oxygen atoms in total. The van der Waals surface area contributed by atoms with Gasteiger partial charge in [-0.2, -0.15) is 0 Å². The Hall–Kier alpha value is -0.570. The third-order valence-corrected chi connectivity index (χ3v) is 3.67. The van der Waals surface area contributed by atoms with Crippen molar-refractivity contribution in [3.8, 4) is 0 Å². The van der Waals surface area contributed by atoms with Crippen molar-refractivity contribution in [1.82, 2.24) is 4.90 Å². The fraction of sp³-hybridized carbons (Fsp3) is 0.909. The van der Waals surface area contributed by atoms with Gasteiger partial charge in [0.1, 0.15) is 0 Å². The zero-order valence-corrected chi connectivity index (χ0v) is 8.78. The SMILES string of the molecule is CC1CCCN(C2CC(C(=O)O)C2)C1. The Labute approximate surface area is 85.1 Å². The van der Waals surface area contributed by atoms with E-state index in [1.807, 2.05) is 0 Å². The first-order valence-corrected chi connectivity index (χ1v) is 5.63. The van der Waals surface area contributed by atoms with Crippen LogP contribution in [0, 0.1) is 11.8 Å². The third kappa shape index (κ3) is 1.92. The van der Waals surface area contributed by atoms with Gasteiger partial charge in [0.25, 0.3) is 0 Å². The third-order valence-electron chi connectivity index (χ3n) is 3.67. The van der Waals surface area contributed by atoms with E-state index in [1.165, 1.54) is 25.9 Å². The Morgan fingerprint density at radius 2 is 2.14 bits per heavy atom. The molecule has 1 heterocycles. The summed E-state index contributed by atoms with van der Waals surface area (Å²) in [6.45, 7) is 4.65. The van der Waals surface area contributed by atoms with Crippen molar-refractivity contribution < 1.29 is 9.90 Å². The van der Waals surface area contributed by atoms with Crippen LogP contribution in [0.15, 0.2) is 0 Å². The number of carbonyl (C=O) groups is 1. The van der Waals surface area contributed by atoms with Crippen molar-refractivity contribution in [2.45, 2.75) is 38.6 Å². The van der Waals surface area contributed by atoms with E-state index < -0.39 is 5.97 Å². The first-order chi connectivity index (χ1) is 6.66. The molecule has 0 amide bonds. The van der Waals surface area contributed by atoms with Gasteiger partial charge in [0.2, 0.25) is 0 Å². The monoisotopic (exact) mass is 197 g/mol. The topological polar surface area (TPSA) is 40.5 Å². The van der Waals surface area contributed by atoms with Gasteiger partial charge in [-0.3, -0.25) is 4.79 Å². The summed E-state index contributed by atoms with van der Waals surface area (Å²) >= 11 is 0. The summed E-state index contributed by atoms with van der Waals surface area (Å²) in [7, 11) is 0. The normalized spacial score (nSPS) is 39.1. The van der Waals surface area contributed by atoms with Crippen LogP contribution in [0.5, 0.6) is 0 Å². The van der Waals surface area contributed by atoms with Crippen molar-refractivity contribution in [2.24, 2.45) is 11.8 Å². The quantitative estimate of drug-likeness (QED) is 0.730. The van der Waals surface area contributed by atoms with E-state index in [-0.39, 0.29) is 5.92 Å². The molecule has 1 saturated heterocycles. The molecule has 0 aromatic rings. The molecule has 1 aliphatic heterocycles. The molecule has 2 aliphatic rings. The Morgan fingerprint density at radius 3 is 2.71 bits per heavy atom. The Balaban J connectivity index is 1.78. The first-order valence-electron chi connectivity index (χ1n) is 5.63. The molecule has 0 bridgehead atoms. The summed E-state index contributed by atoms with van der Waals surface area (Å²) in [5, 5.41) is 8.78. The summed E-state index contributed by atoms with van der Waals surface area (Å²) in [4.78, 5) is 13.1. The second-order valence-corrected chi connectivity index (χ2v) is 4.90. The molecule has 1 atom stereocenters. The maximum absolute atomic E-state index is 10.7. The van der Waals surface area contributed by atoms with Crippen LogP contribution < -0.4 is 0 Å². The van der Waals surface area contributed by atoms with Crippen molar-refractivity contribution in [3.63, 3.8) is 0 Å². The summed E-state index contributed by atoms with van der Waals surface area (Å²) in [6, 6.07) is 0.568. The lowest BCUT2D eigenvalue weighted by atomic mass is 9.78. The Bertz CT molecular complexity index is 223. The van der Waals surface area contributed by atoms with Crippen LogP contribution >= 0.6 is 0 Å². The van der Waals surface area contributed by atoms with E-state index in [2.05, 4.69) is 11.8 Å². The molecule has 0 spiro atoms. The number of hydrogen-bond donors (Lipinski definition) is 1. The maximum Gasteiger partial charge on any atom is 0.306 e. The fourth-order valence-electron chi connectivity index (χ4n) is 2.64. The average Bonchev–Trinajstić information content (AvgIpc) is 2.00. The highest BCUT2D eigenvalue weighted by Crippen LogP contribution is 2.34. The van der Waals surface area contributed by atoms with Crippen molar-refractivity contribution in [2.75, 3.05) is 13.1 Å². The molecule has 1 unspecified atom stereocenters. The standard InChI is InChI=1S/C11H19NO2/c1-8-3-2-4-12(7-8)10-5-9(6-10)11(13)14/h8-10H,2-7H2,1H3,(H,13,14). The molecule has 0 radical (unpaired) electrons. The summed E-state index contributed by atoms with van der Waals surface area (Å²) in [6.07, 6.45) is 4.38. The molecule has 0 aromatic heterocycles. The molecule has 0 aromatic carbocycles. The van der Waals surface area contributed by atoms with Crippen LogP contribution in [0.4, 0.5) is 0 Å². The van der Waals surface area contributed by atoms with Crippen LogP contribution in [0.25, 0.3) is 0 Å². The highest BCUT2D eigenvalue weighted by molar-refractivity contribution is 5.71. The predicted molar refractivity (Wildman–Crippen MR) is 54.1 cm³/mol. The lowest BCUT2D eigenvalue weighted by molar-refractivity contribution is -0.147. The molecule has 3 heteroatoms. The van der Waals surface area contributed by atoms with Gasteiger partial charge >= 0.3 is 5.97 Å². The summed E-state index contributed by atoms with van der Waals surface area (Å²) in [5.41, 5.74) is 0. The number of nitrogens with zero attached hydrogens (tertiary/aromatic N) is 1. The maximum atomic E-state index is 10.7. The van der Waals surface area contributed by atoms with Crippen LogP contribution in [0.2, 0.25) is 0 Å². The van der Waals surface area contributed by atoms with Crippen LogP contribution in [0.3, 0.4) is 0 Å². The van der Waals surface area contributed by atoms with Crippen LogP contribution in [0.1, 0.15) is 32.6 Å². The second kappa shape index (κ2) is 3.89. The van der Waals surface area contributed by atoms with Gasteiger partial charge in [0.05, 0.1) is 5.92 Å². The smallest absolute Gasteiger partial charge is 0.306 e. The highest BCUT2D eigenvalue weighted by atomic mass is 16.4. The van der Waals surface area contributed by atoms with E-state index in [4.69, 9.17) is 5.11 Å². The van der Waals surface area contributed by atoms with Crippen LogP contribution in [-0.4, -0.2) is 35.1 Å². The number of hydrogen-bond acceptors (Lipinski definition) is 2. The van der Waals surface area contributed by atoms with Crippen molar-refractivity contribution in [1.29, 1.82) is 0 Å². The zero-order valence-electron chi connectivity index (χ0n) is 8.78. The molecule has 1 saturated carbocycles.